The van der Waals surface area contributed by atoms with Gasteiger partial charge in [0, 0.05) is 12.1 Å². The van der Waals surface area contributed by atoms with Gasteiger partial charge in [-0.25, -0.2) is 0 Å². The maximum Gasteiger partial charge on any atom is 0.229 e. The lowest BCUT2D eigenvalue weighted by Gasteiger charge is -2.38. The minimum absolute atomic E-state index is 0.0171. The van der Waals surface area contributed by atoms with Crippen molar-refractivity contribution in [3.63, 3.8) is 0 Å². The molecule has 6 atom stereocenters. The highest BCUT2D eigenvalue weighted by atomic mass is 16.7. The van der Waals surface area contributed by atoms with E-state index in [1.165, 1.54) is 31.2 Å². The minimum Gasteiger partial charge on any atom is -0.508 e. The van der Waals surface area contributed by atoms with Gasteiger partial charge < -0.3 is 44.8 Å². The number of Topliss-reactive ketones (excluding diaryl/α,β-unsaturated/α-hetero) is 1. The van der Waals surface area contributed by atoms with E-state index in [2.05, 4.69) is 0 Å². The average molecular weight is 434 g/mol. The van der Waals surface area contributed by atoms with Gasteiger partial charge in [0.05, 0.1) is 12.5 Å². The molecule has 2 aliphatic rings. The van der Waals surface area contributed by atoms with Crippen molar-refractivity contribution in [2.45, 2.75) is 50.2 Å². The van der Waals surface area contributed by atoms with Crippen LogP contribution in [0.1, 0.15) is 35.4 Å². The second kappa shape index (κ2) is 7.89. The molecule has 0 radical (unpaired) electrons. The Hall–Kier alpha value is -3.05. The van der Waals surface area contributed by atoms with Crippen LogP contribution in [0.15, 0.2) is 30.3 Å². The van der Waals surface area contributed by atoms with Gasteiger partial charge in [-0.3, -0.25) is 4.79 Å². The number of rotatable bonds is 3. The molecule has 0 saturated carbocycles. The molecule has 10 nitrogen and oxygen atoms in total. The Morgan fingerprint density at radius 1 is 0.968 bits per heavy atom. The van der Waals surface area contributed by atoms with Crippen LogP contribution < -0.4 is 9.47 Å². The summed E-state index contributed by atoms with van der Waals surface area (Å²) in [6.07, 6.45) is -7.32. The standard InChI is InChI=1S/C21H22O10/c1-8-18(26)19(27)20(28)21(29-8)31-14-3-2-9(4-11(14)23)15-7-13(25)17-12(24)5-10(22)6-16(17)30-15/h2-6,8,15,18-24,26-28H,7H2,1H3/t8-,15?,18+,19+,20+,21+/m1/s1. The molecule has 0 aliphatic carbocycles. The predicted molar refractivity (Wildman–Crippen MR) is 103 cm³/mol. The fourth-order valence-corrected chi connectivity index (χ4v) is 3.68. The van der Waals surface area contributed by atoms with Crippen molar-refractivity contribution in [2.24, 2.45) is 0 Å². The Balaban J connectivity index is 1.54. The molecular formula is C21H22O10. The van der Waals surface area contributed by atoms with E-state index in [1.807, 2.05) is 0 Å². The number of hydrogen-bond donors (Lipinski definition) is 6. The Labute approximate surface area is 176 Å². The van der Waals surface area contributed by atoms with Gasteiger partial charge in [0.15, 0.2) is 17.3 Å². The molecule has 166 valence electrons. The normalized spacial score (nSPS) is 30.4. The number of aromatic hydroxyl groups is 3. The fourth-order valence-electron chi connectivity index (χ4n) is 3.68. The van der Waals surface area contributed by atoms with Crippen LogP contribution in [-0.2, 0) is 4.74 Å². The van der Waals surface area contributed by atoms with Gasteiger partial charge in [-0.2, -0.15) is 0 Å². The Morgan fingerprint density at radius 2 is 1.71 bits per heavy atom. The zero-order valence-corrected chi connectivity index (χ0v) is 16.4. The number of benzene rings is 2. The van der Waals surface area contributed by atoms with Crippen LogP contribution >= 0.6 is 0 Å². The van der Waals surface area contributed by atoms with Crippen LogP contribution in [0.2, 0.25) is 0 Å². The molecule has 10 heteroatoms. The summed E-state index contributed by atoms with van der Waals surface area (Å²) in [6, 6.07) is 6.50. The summed E-state index contributed by atoms with van der Waals surface area (Å²) in [7, 11) is 0. The molecule has 1 unspecified atom stereocenters. The maximum atomic E-state index is 12.4. The minimum atomic E-state index is -1.54. The van der Waals surface area contributed by atoms with E-state index in [0.29, 0.717) is 5.56 Å². The lowest BCUT2D eigenvalue weighted by molar-refractivity contribution is -0.268. The van der Waals surface area contributed by atoms with Crippen molar-refractivity contribution < 1.29 is 49.6 Å². The second-order valence-electron chi connectivity index (χ2n) is 7.60. The van der Waals surface area contributed by atoms with E-state index in [-0.39, 0.29) is 46.5 Å². The molecule has 6 N–H and O–H groups in total. The van der Waals surface area contributed by atoms with E-state index < -0.39 is 36.8 Å². The fraction of sp³-hybridized carbons (Fsp3) is 0.381. The Bertz CT molecular complexity index is 1010. The van der Waals surface area contributed by atoms with Gasteiger partial charge in [-0.1, -0.05) is 6.07 Å². The molecule has 4 rings (SSSR count). The van der Waals surface area contributed by atoms with Crippen molar-refractivity contribution in [3.8, 4) is 28.7 Å². The number of ketones is 1. The van der Waals surface area contributed by atoms with Gasteiger partial charge in [-0.05, 0) is 24.6 Å². The lowest BCUT2D eigenvalue weighted by atomic mass is 9.95. The van der Waals surface area contributed by atoms with Crippen LogP contribution in [0.3, 0.4) is 0 Å². The number of hydrogen-bond acceptors (Lipinski definition) is 10. The zero-order chi connectivity index (χ0) is 22.4. The number of aliphatic hydroxyl groups excluding tert-OH is 3. The van der Waals surface area contributed by atoms with E-state index in [1.54, 1.807) is 0 Å². The van der Waals surface area contributed by atoms with E-state index >= 15 is 0 Å². The number of aliphatic hydroxyl groups is 3. The van der Waals surface area contributed by atoms with Crippen molar-refractivity contribution in [2.75, 3.05) is 0 Å². The number of phenolic OH excluding ortho intramolecular Hbond substituents is 3. The highest BCUT2D eigenvalue weighted by Crippen LogP contribution is 2.43. The Kier molecular flexibility index (Phi) is 5.40. The molecule has 2 heterocycles. The van der Waals surface area contributed by atoms with E-state index in [0.717, 1.165) is 6.07 Å². The molecule has 2 aromatic carbocycles. The first kappa shape index (κ1) is 21.2. The smallest absolute Gasteiger partial charge is 0.229 e. The molecule has 0 amide bonds. The first-order valence-corrected chi connectivity index (χ1v) is 9.60. The SMILES string of the molecule is C[C@H]1O[C@@H](Oc2ccc(C3CC(=O)c4c(O)cc(O)cc4O3)cc2O)[C@@H](O)[C@@H](O)[C@H]1O. The highest BCUT2D eigenvalue weighted by molar-refractivity contribution is 6.02. The summed E-state index contributed by atoms with van der Waals surface area (Å²) in [5.74, 6) is -1.38. The molecule has 0 spiro atoms. The zero-order valence-electron chi connectivity index (χ0n) is 16.4. The van der Waals surface area contributed by atoms with Crippen LogP contribution in [0.25, 0.3) is 0 Å². The monoisotopic (exact) mass is 434 g/mol. The van der Waals surface area contributed by atoms with E-state index in [4.69, 9.17) is 14.2 Å². The molecule has 1 fully saturated rings. The van der Waals surface area contributed by atoms with Crippen LogP contribution in [0, 0.1) is 0 Å². The number of carbonyl (C=O) groups is 1. The summed E-state index contributed by atoms with van der Waals surface area (Å²) < 4.78 is 16.6. The predicted octanol–water partition coefficient (Wildman–Crippen LogP) is 0.716. The van der Waals surface area contributed by atoms with Gasteiger partial charge >= 0.3 is 0 Å². The van der Waals surface area contributed by atoms with E-state index in [9.17, 15) is 35.4 Å². The van der Waals surface area contributed by atoms with Crippen molar-refractivity contribution in [3.05, 3.63) is 41.5 Å². The number of carbonyl (C=O) groups excluding carboxylic acids is 1. The third-order valence-corrected chi connectivity index (χ3v) is 5.39. The molecule has 2 aromatic rings. The van der Waals surface area contributed by atoms with Crippen LogP contribution in [0.4, 0.5) is 0 Å². The van der Waals surface area contributed by atoms with Gasteiger partial charge in [0.1, 0.15) is 47.2 Å². The first-order chi connectivity index (χ1) is 14.7. The highest BCUT2D eigenvalue weighted by Gasteiger charge is 2.43. The molecule has 31 heavy (non-hydrogen) atoms. The van der Waals surface area contributed by atoms with Crippen molar-refractivity contribution >= 4 is 5.78 Å². The largest absolute Gasteiger partial charge is 0.508 e. The topological polar surface area (TPSA) is 166 Å². The summed E-state index contributed by atoms with van der Waals surface area (Å²) in [5.41, 5.74) is 0.414. The Morgan fingerprint density at radius 3 is 2.42 bits per heavy atom. The first-order valence-electron chi connectivity index (χ1n) is 9.60. The van der Waals surface area contributed by atoms with Crippen molar-refractivity contribution in [1.82, 2.24) is 0 Å². The van der Waals surface area contributed by atoms with Gasteiger partial charge in [0.25, 0.3) is 0 Å². The lowest BCUT2D eigenvalue weighted by Crippen LogP contribution is -2.58. The second-order valence-corrected chi connectivity index (χ2v) is 7.60. The summed E-state index contributed by atoms with van der Waals surface area (Å²) in [6.45, 7) is 1.50. The summed E-state index contributed by atoms with van der Waals surface area (Å²) in [4.78, 5) is 12.4. The molecule has 0 bridgehead atoms. The summed E-state index contributed by atoms with van der Waals surface area (Å²) >= 11 is 0. The number of ether oxygens (including phenoxy) is 3. The number of fused-ring (bicyclic) bond motifs is 1. The molecule has 0 aromatic heterocycles. The maximum absolute atomic E-state index is 12.4. The average Bonchev–Trinajstić information content (AvgIpc) is 2.70. The van der Waals surface area contributed by atoms with Crippen LogP contribution in [0.5, 0.6) is 28.7 Å². The third-order valence-electron chi connectivity index (χ3n) is 5.39. The molecular weight excluding hydrogens is 412 g/mol. The van der Waals surface area contributed by atoms with Gasteiger partial charge in [0.2, 0.25) is 6.29 Å². The molecule has 1 saturated heterocycles. The van der Waals surface area contributed by atoms with Crippen molar-refractivity contribution in [1.29, 1.82) is 0 Å². The summed E-state index contributed by atoms with van der Waals surface area (Å²) in [5, 5.41) is 59.6. The van der Waals surface area contributed by atoms with Gasteiger partial charge in [-0.15, -0.1) is 0 Å². The third kappa shape index (κ3) is 3.86. The quantitative estimate of drug-likeness (QED) is 0.405. The van der Waals surface area contributed by atoms with Crippen LogP contribution in [-0.4, -0.2) is 67.1 Å². The molecule has 2 aliphatic heterocycles. The number of phenols is 3.